The van der Waals surface area contributed by atoms with E-state index in [2.05, 4.69) is 46.4 Å². The number of fused-ring (bicyclic) bond motifs is 1. The highest BCUT2D eigenvalue weighted by atomic mass is 79.9. The lowest BCUT2D eigenvalue weighted by molar-refractivity contribution is 0.0942. The van der Waals surface area contributed by atoms with E-state index in [1.165, 1.54) is 21.6 Å². The summed E-state index contributed by atoms with van der Waals surface area (Å²) in [5.41, 5.74) is 3.73. The summed E-state index contributed by atoms with van der Waals surface area (Å²) < 4.78 is 0. The highest BCUT2D eigenvalue weighted by molar-refractivity contribution is 9.09. The molecule has 20 heavy (non-hydrogen) atoms. The van der Waals surface area contributed by atoms with E-state index in [1.54, 1.807) is 11.3 Å². The van der Waals surface area contributed by atoms with Crippen molar-refractivity contribution < 1.29 is 4.79 Å². The van der Waals surface area contributed by atoms with Crippen molar-refractivity contribution in [2.24, 2.45) is 0 Å². The van der Waals surface area contributed by atoms with Gasteiger partial charge in [-0.3, -0.25) is 4.79 Å². The minimum atomic E-state index is 0.0253. The second kappa shape index (κ2) is 5.34. The number of benzene rings is 1. The zero-order chi connectivity index (χ0) is 14.3. The first kappa shape index (κ1) is 13.8. The number of halogens is 1. The quantitative estimate of drug-likeness (QED) is 0.810. The smallest absolute Gasteiger partial charge is 0.261 e. The van der Waals surface area contributed by atoms with E-state index in [0.29, 0.717) is 0 Å². The summed E-state index contributed by atoms with van der Waals surface area (Å²) in [6, 6.07) is 10.3. The number of rotatable bonds is 2. The Morgan fingerprint density at radius 3 is 2.80 bits per heavy atom. The Morgan fingerprint density at radius 1 is 1.35 bits per heavy atom. The minimum Gasteiger partial charge on any atom is -0.343 e. The molecule has 1 aliphatic carbocycles. The fourth-order valence-corrected chi connectivity index (χ4v) is 4.31. The van der Waals surface area contributed by atoms with Crippen LogP contribution in [0.5, 0.6) is 0 Å². The van der Waals surface area contributed by atoms with Crippen LogP contribution < -0.4 is 5.32 Å². The van der Waals surface area contributed by atoms with Gasteiger partial charge in [0.25, 0.3) is 5.91 Å². The van der Waals surface area contributed by atoms with Crippen molar-refractivity contribution >= 4 is 33.2 Å². The molecule has 0 saturated carbocycles. The number of carbonyl (C=O) groups excluding carboxylic acids is 1. The van der Waals surface area contributed by atoms with Gasteiger partial charge in [0, 0.05) is 9.70 Å². The normalized spacial score (nSPS) is 20.8. The number of nitrogens with one attached hydrogen (secondary N) is 1. The lowest BCUT2D eigenvalue weighted by Gasteiger charge is -2.17. The van der Waals surface area contributed by atoms with Crippen LogP contribution in [-0.2, 0) is 6.42 Å². The summed E-state index contributed by atoms with van der Waals surface area (Å²) in [4.78, 5) is 14.7. The van der Waals surface area contributed by atoms with Crippen LogP contribution in [0.3, 0.4) is 0 Å². The molecule has 1 aromatic heterocycles. The summed E-state index contributed by atoms with van der Waals surface area (Å²) >= 11 is 5.26. The van der Waals surface area contributed by atoms with Crippen molar-refractivity contribution in [3.8, 4) is 0 Å². The van der Waals surface area contributed by atoms with E-state index in [4.69, 9.17) is 0 Å². The summed E-state index contributed by atoms with van der Waals surface area (Å²) in [7, 11) is 0. The Balaban J connectivity index is 1.83. The van der Waals surface area contributed by atoms with Crippen molar-refractivity contribution in [3.63, 3.8) is 0 Å². The van der Waals surface area contributed by atoms with Gasteiger partial charge in [-0.1, -0.05) is 40.2 Å². The predicted octanol–water partition coefficient (Wildman–Crippen LogP) is 4.16. The van der Waals surface area contributed by atoms with Crippen LogP contribution in [0.2, 0.25) is 0 Å². The second-order valence-electron chi connectivity index (χ2n) is 5.22. The molecule has 4 heteroatoms. The third kappa shape index (κ3) is 2.42. The van der Waals surface area contributed by atoms with E-state index < -0.39 is 0 Å². The number of alkyl halides is 1. The van der Waals surface area contributed by atoms with Gasteiger partial charge in [-0.15, -0.1) is 11.3 Å². The third-order valence-electron chi connectivity index (χ3n) is 3.84. The van der Waals surface area contributed by atoms with Gasteiger partial charge in [0.1, 0.15) is 0 Å². The van der Waals surface area contributed by atoms with Crippen molar-refractivity contribution in [2.75, 3.05) is 0 Å². The Kier molecular flexibility index (Phi) is 3.69. The molecule has 3 rings (SSSR count). The van der Waals surface area contributed by atoms with Crippen LogP contribution >= 0.6 is 27.3 Å². The van der Waals surface area contributed by atoms with Crippen LogP contribution in [0, 0.1) is 13.8 Å². The molecule has 0 bridgehead atoms. The van der Waals surface area contributed by atoms with Crippen LogP contribution in [0.15, 0.2) is 30.3 Å². The molecule has 0 radical (unpaired) electrons. The number of hydrogen-bond donors (Lipinski definition) is 1. The van der Waals surface area contributed by atoms with Gasteiger partial charge in [0.2, 0.25) is 0 Å². The zero-order valence-corrected chi connectivity index (χ0v) is 13.8. The molecular formula is C16H16BrNOS. The van der Waals surface area contributed by atoms with Crippen LogP contribution in [0.25, 0.3) is 0 Å². The molecule has 2 atom stereocenters. The standard InChI is InChI=1S/C16H16BrNOS/c1-9-7-14(20-10(9)2)16(19)18-15-12-6-4-3-5-11(12)8-13(15)17/h3-7,13,15H,8H2,1-2H3,(H,18,19). The number of thiophene rings is 1. The van der Waals surface area contributed by atoms with Gasteiger partial charge in [-0.05, 0) is 43.0 Å². The first-order chi connectivity index (χ1) is 9.56. The number of hydrogen-bond acceptors (Lipinski definition) is 2. The highest BCUT2D eigenvalue weighted by Crippen LogP contribution is 2.36. The summed E-state index contributed by atoms with van der Waals surface area (Å²) in [5.74, 6) is 0.0253. The molecule has 1 aromatic carbocycles. The van der Waals surface area contributed by atoms with E-state index >= 15 is 0 Å². The van der Waals surface area contributed by atoms with Gasteiger partial charge in [-0.2, -0.15) is 0 Å². The van der Waals surface area contributed by atoms with E-state index in [9.17, 15) is 4.79 Å². The van der Waals surface area contributed by atoms with Gasteiger partial charge >= 0.3 is 0 Å². The van der Waals surface area contributed by atoms with Crippen molar-refractivity contribution in [2.45, 2.75) is 31.1 Å². The molecule has 1 aliphatic rings. The molecule has 1 amide bonds. The lowest BCUT2D eigenvalue weighted by atomic mass is 10.1. The topological polar surface area (TPSA) is 29.1 Å². The minimum absolute atomic E-state index is 0.0253. The monoisotopic (exact) mass is 349 g/mol. The highest BCUT2D eigenvalue weighted by Gasteiger charge is 2.31. The average Bonchev–Trinajstić information content (AvgIpc) is 2.91. The molecule has 2 aromatic rings. The molecule has 0 fully saturated rings. The van der Waals surface area contributed by atoms with Gasteiger partial charge in [0.15, 0.2) is 0 Å². The zero-order valence-electron chi connectivity index (χ0n) is 11.4. The van der Waals surface area contributed by atoms with E-state index in [0.717, 1.165) is 11.3 Å². The van der Waals surface area contributed by atoms with Crippen molar-refractivity contribution in [1.82, 2.24) is 5.32 Å². The Bertz CT molecular complexity index is 645. The lowest BCUT2D eigenvalue weighted by Crippen LogP contribution is -2.31. The number of amides is 1. The first-order valence-electron chi connectivity index (χ1n) is 6.66. The summed E-state index contributed by atoms with van der Waals surface area (Å²) in [5, 5.41) is 3.17. The van der Waals surface area contributed by atoms with Crippen molar-refractivity contribution in [1.29, 1.82) is 0 Å². The predicted molar refractivity (Wildman–Crippen MR) is 86.9 cm³/mol. The molecule has 0 spiro atoms. The maximum Gasteiger partial charge on any atom is 0.261 e. The van der Waals surface area contributed by atoms with Crippen molar-refractivity contribution in [3.05, 3.63) is 56.8 Å². The number of aryl methyl sites for hydroxylation is 2. The molecule has 104 valence electrons. The molecule has 0 aliphatic heterocycles. The van der Waals surface area contributed by atoms with Crippen LogP contribution in [0.4, 0.5) is 0 Å². The fourth-order valence-electron chi connectivity index (χ4n) is 2.61. The maximum atomic E-state index is 12.4. The Morgan fingerprint density at radius 2 is 2.10 bits per heavy atom. The molecular weight excluding hydrogens is 334 g/mol. The average molecular weight is 350 g/mol. The summed E-state index contributed by atoms with van der Waals surface area (Å²) in [6.07, 6.45) is 0.962. The maximum absolute atomic E-state index is 12.4. The SMILES string of the molecule is Cc1cc(C(=O)NC2c3ccccc3CC2Br)sc1C. The largest absolute Gasteiger partial charge is 0.343 e. The molecule has 2 unspecified atom stereocenters. The van der Waals surface area contributed by atoms with E-state index in [1.807, 2.05) is 19.1 Å². The molecule has 1 heterocycles. The van der Waals surface area contributed by atoms with E-state index in [-0.39, 0.29) is 16.8 Å². The van der Waals surface area contributed by atoms with Crippen LogP contribution in [0.1, 0.15) is 37.3 Å². The first-order valence-corrected chi connectivity index (χ1v) is 8.39. The van der Waals surface area contributed by atoms with Gasteiger partial charge < -0.3 is 5.32 Å². The molecule has 1 N–H and O–H groups in total. The van der Waals surface area contributed by atoms with Crippen LogP contribution in [-0.4, -0.2) is 10.7 Å². The fraction of sp³-hybridized carbons (Fsp3) is 0.312. The summed E-state index contributed by atoms with van der Waals surface area (Å²) in [6.45, 7) is 4.09. The third-order valence-corrected chi connectivity index (χ3v) is 5.85. The van der Waals surface area contributed by atoms with Gasteiger partial charge in [-0.25, -0.2) is 0 Å². The second-order valence-corrected chi connectivity index (χ2v) is 7.65. The van der Waals surface area contributed by atoms with Gasteiger partial charge in [0.05, 0.1) is 10.9 Å². The number of carbonyl (C=O) groups is 1. The Hall–Kier alpha value is -1.13. The molecule has 0 saturated heterocycles. The Labute approximate surface area is 131 Å². The molecule has 2 nitrogen and oxygen atoms in total.